The minimum Gasteiger partial charge on any atom is -0.383 e. The standard InChI is InChI=1S/C29H29F3N4O3/c1-18-12-13-19(2)25(16-18)36-26(34-24-11-6-5-10-23(24)27(36)37)20(3)35(14-15-39-4)28(38)33-22-9-7-8-21(17-22)29(30,31)32/h5-13,16-17,20H,14-15H2,1-4H3,(H,33,38). The summed E-state index contributed by atoms with van der Waals surface area (Å²) in [5.41, 5.74) is 1.69. The lowest BCUT2D eigenvalue weighted by atomic mass is 10.1. The van der Waals surface area contributed by atoms with E-state index in [9.17, 15) is 22.8 Å². The Morgan fingerprint density at radius 3 is 2.54 bits per heavy atom. The number of carbonyl (C=O) groups is 1. The number of para-hydroxylation sites is 1. The molecule has 39 heavy (non-hydrogen) atoms. The molecule has 0 fully saturated rings. The Labute approximate surface area is 223 Å². The number of rotatable bonds is 7. The van der Waals surface area contributed by atoms with Crippen molar-refractivity contribution in [2.75, 3.05) is 25.6 Å². The second kappa shape index (κ2) is 11.3. The SMILES string of the molecule is COCCN(C(=O)Nc1cccc(C(F)(F)F)c1)C(C)c1nc2ccccc2c(=O)n1-c1cc(C)ccc1C. The van der Waals surface area contributed by atoms with E-state index >= 15 is 0 Å². The quantitative estimate of drug-likeness (QED) is 0.301. The second-order valence-corrected chi connectivity index (χ2v) is 9.29. The van der Waals surface area contributed by atoms with Gasteiger partial charge in [-0.25, -0.2) is 9.78 Å². The Bertz CT molecular complexity index is 1570. The van der Waals surface area contributed by atoms with Crippen LogP contribution in [0.3, 0.4) is 0 Å². The highest BCUT2D eigenvalue weighted by Crippen LogP contribution is 2.31. The number of alkyl halides is 3. The van der Waals surface area contributed by atoms with Gasteiger partial charge in [-0.1, -0.05) is 30.3 Å². The molecular formula is C29H29F3N4O3. The van der Waals surface area contributed by atoms with Gasteiger partial charge in [0.2, 0.25) is 0 Å². The highest BCUT2D eigenvalue weighted by atomic mass is 19.4. The molecule has 0 spiro atoms. The van der Waals surface area contributed by atoms with E-state index in [1.165, 1.54) is 28.7 Å². The van der Waals surface area contributed by atoms with Gasteiger partial charge >= 0.3 is 12.2 Å². The molecule has 1 aromatic heterocycles. The fraction of sp³-hybridized carbons (Fsp3) is 0.276. The molecule has 1 heterocycles. The van der Waals surface area contributed by atoms with E-state index in [-0.39, 0.29) is 24.4 Å². The molecule has 3 aromatic carbocycles. The normalized spacial score (nSPS) is 12.4. The number of anilines is 1. The van der Waals surface area contributed by atoms with Crippen LogP contribution < -0.4 is 10.9 Å². The summed E-state index contributed by atoms with van der Waals surface area (Å²) in [6, 6.07) is 15.7. The zero-order valence-corrected chi connectivity index (χ0v) is 22.0. The highest BCUT2D eigenvalue weighted by molar-refractivity contribution is 5.89. The van der Waals surface area contributed by atoms with Gasteiger partial charge in [-0.15, -0.1) is 0 Å². The van der Waals surface area contributed by atoms with Crippen LogP contribution in [-0.2, 0) is 10.9 Å². The molecule has 2 amide bonds. The minimum absolute atomic E-state index is 0.0113. The van der Waals surface area contributed by atoms with E-state index < -0.39 is 23.8 Å². The Balaban J connectivity index is 1.83. The number of nitrogens with one attached hydrogen (secondary N) is 1. The number of benzene rings is 3. The molecule has 1 unspecified atom stereocenters. The summed E-state index contributed by atoms with van der Waals surface area (Å²) in [5.74, 6) is 0.308. The number of hydrogen-bond donors (Lipinski definition) is 1. The molecule has 4 aromatic rings. The van der Waals surface area contributed by atoms with E-state index in [0.29, 0.717) is 22.4 Å². The summed E-state index contributed by atoms with van der Waals surface area (Å²) in [6.07, 6.45) is -4.56. The van der Waals surface area contributed by atoms with Crippen LogP contribution >= 0.6 is 0 Å². The van der Waals surface area contributed by atoms with E-state index in [1.807, 2.05) is 32.0 Å². The van der Waals surface area contributed by atoms with Crippen molar-refractivity contribution < 1.29 is 22.7 Å². The number of halogens is 3. The van der Waals surface area contributed by atoms with Gasteiger partial charge in [-0.2, -0.15) is 13.2 Å². The first-order valence-corrected chi connectivity index (χ1v) is 12.3. The van der Waals surface area contributed by atoms with Crippen molar-refractivity contribution in [3.05, 3.63) is 99.6 Å². The predicted molar refractivity (Wildman–Crippen MR) is 144 cm³/mol. The van der Waals surface area contributed by atoms with Crippen molar-refractivity contribution in [2.24, 2.45) is 0 Å². The molecule has 1 N–H and O–H groups in total. The van der Waals surface area contributed by atoms with Crippen molar-refractivity contribution in [1.82, 2.24) is 14.5 Å². The lowest BCUT2D eigenvalue weighted by Crippen LogP contribution is -2.41. The fourth-order valence-corrected chi connectivity index (χ4v) is 4.39. The van der Waals surface area contributed by atoms with Gasteiger partial charge in [0.15, 0.2) is 0 Å². The van der Waals surface area contributed by atoms with Crippen molar-refractivity contribution in [1.29, 1.82) is 0 Å². The third kappa shape index (κ3) is 5.96. The van der Waals surface area contributed by atoms with Crippen molar-refractivity contribution >= 4 is 22.6 Å². The molecule has 0 aliphatic heterocycles. The lowest BCUT2D eigenvalue weighted by Gasteiger charge is -2.31. The van der Waals surface area contributed by atoms with Crippen LogP contribution in [0.1, 0.15) is 35.5 Å². The van der Waals surface area contributed by atoms with Gasteiger partial charge in [0.1, 0.15) is 5.82 Å². The van der Waals surface area contributed by atoms with Crippen LogP contribution in [0.15, 0.2) is 71.5 Å². The van der Waals surface area contributed by atoms with Crippen molar-refractivity contribution in [3.8, 4) is 5.69 Å². The zero-order chi connectivity index (χ0) is 28.3. The number of amides is 2. The van der Waals surface area contributed by atoms with Gasteiger partial charge in [0.25, 0.3) is 5.56 Å². The van der Waals surface area contributed by atoms with Crippen LogP contribution in [0.2, 0.25) is 0 Å². The maximum atomic E-state index is 13.8. The van der Waals surface area contributed by atoms with Crippen LogP contribution in [0.5, 0.6) is 0 Å². The van der Waals surface area contributed by atoms with Crippen LogP contribution in [0, 0.1) is 13.8 Å². The van der Waals surface area contributed by atoms with Gasteiger partial charge in [-0.05, 0) is 68.3 Å². The highest BCUT2D eigenvalue weighted by Gasteiger charge is 2.31. The number of aryl methyl sites for hydroxylation is 2. The number of carbonyl (C=O) groups excluding carboxylic acids is 1. The summed E-state index contributed by atoms with van der Waals surface area (Å²) < 4.78 is 46.4. The molecule has 204 valence electrons. The molecule has 0 aliphatic rings. The number of hydrogen-bond acceptors (Lipinski definition) is 4. The molecule has 0 radical (unpaired) electrons. The number of fused-ring (bicyclic) bond motifs is 1. The summed E-state index contributed by atoms with van der Waals surface area (Å²) >= 11 is 0. The van der Waals surface area contributed by atoms with Gasteiger partial charge in [-0.3, -0.25) is 9.36 Å². The maximum absolute atomic E-state index is 13.8. The Morgan fingerprint density at radius 2 is 1.82 bits per heavy atom. The summed E-state index contributed by atoms with van der Waals surface area (Å²) in [5, 5.41) is 2.98. The summed E-state index contributed by atoms with van der Waals surface area (Å²) in [7, 11) is 1.48. The first kappa shape index (κ1) is 27.8. The smallest absolute Gasteiger partial charge is 0.383 e. The average Bonchev–Trinajstić information content (AvgIpc) is 2.90. The lowest BCUT2D eigenvalue weighted by molar-refractivity contribution is -0.137. The number of nitrogens with zero attached hydrogens (tertiary/aromatic N) is 3. The number of urea groups is 1. The molecule has 0 saturated carbocycles. The first-order valence-electron chi connectivity index (χ1n) is 12.3. The van der Waals surface area contributed by atoms with E-state index in [1.54, 1.807) is 31.2 Å². The molecule has 10 heteroatoms. The minimum atomic E-state index is -4.56. The number of methoxy groups -OCH3 is 1. The Morgan fingerprint density at radius 1 is 1.08 bits per heavy atom. The van der Waals surface area contributed by atoms with Gasteiger partial charge in [0, 0.05) is 19.3 Å². The maximum Gasteiger partial charge on any atom is 0.416 e. The second-order valence-electron chi connectivity index (χ2n) is 9.29. The van der Waals surface area contributed by atoms with Crippen LogP contribution in [-0.4, -0.2) is 40.7 Å². The summed E-state index contributed by atoms with van der Waals surface area (Å²) in [6.45, 7) is 5.77. The van der Waals surface area contributed by atoms with Crippen molar-refractivity contribution in [2.45, 2.75) is 33.0 Å². The average molecular weight is 539 g/mol. The Hall–Kier alpha value is -4.18. The zero-order valence-electron chi connectivity index (χ0n) is 22.0. The number of ether oxygens (including phenoxy) is 1. The third-order valence-electron chi connectivity index (χ3n) is 6.49. The molecule has 0 aliphatic carbocycles. The summed E-state index contributed by atoms with van der Waals surface area (Å²) in [4.78, 5) is 33.5. The van der Waals surface area contributed by atoms with E-state index in [4.69, 9.17) is 9.72 Å². The largest absolute Gasteiger partial charge is 0.416 e. The topological polar surface area (TPSA) is 76.5 Å². The molecule has 4 rings (SSSR count). The van der Waals surface area contributed by atoms with Crippen molar-refractivity contribution in [3.63, 3.8) is 0 Å². The van der Waals surface area contributed by atoms with Crippen LogP contribution in [0.4, 0.5) is 23.7 Å². The fourth-order valence-electron chi connectivity index (χ4n) is 4.39. The van der Waals surface area contributed by atoms with Gasteiger partial charge in [0.05, 0.1) is 34.8 Å². The molecule has 1 atom stereocenters. The molecular weight excluding hydrogens is 509 g/mol. The monoisotopic (exact) mass is 538 g/mol. The van der Waals surface area contributed by atoms with E-state index in [2.05, 4.69) is 5.32 Å². The number of aromatic nitrogens is 2. The molecule has 0 saturated heterocycles. The van der Waals surface area contributed by atoms with E-state index in [0.717, 1.165) is 23.3 Å². The third-order valence-corrected chi connectivity index (χ3v) is 6.49. The first-order chi connectivity index (χ1) is 18.5. The van der Waals surface area contributed by atoms with Crippen LogP contribution in [0.25, 0.3) is 16.6 Å². The van der Waals surface area contributed by atoms with Gasteiger partial charge < -0.3 is 15.0 Å². The Kier molecular flexibility index (Phi) is 8.06. The predicted octanol–water partition coefficient (Wildman–Crippen LogP) is 6.26. The molecule has 0 bridgehead atoms. The molecule has 7 nitrogen and oxygen atoms in total.